The summed E-state index contributed by atoms with van der Waals surface area (Å²) in [5.74, 6) is -0.235. The van der Waals surface area contributed by atoms with Crippen LogP contribution in [-0.2, 0) is 6.54 Å². The van der Waals surface area contributed by atoms with Gasteiger partial charge in [0.25, 0.3) is 5.91 Å². The Morgan fingerprint density at radius 2 is 1.93 bits per heavy atom. The summed E-state index contributed by atoms with van der Waals surface area (Å²) in [7, 11) is 0. The van der Waals surface area contributed by atoms with E-state index in [0.29, 0.717) is 25.2 Å². The Labute approximate surface area is 164 Å². The summed E-state index contributed by atoms with van der Waals surface area (Å²) >= 11 is 0. The molecule has 1 atom stereocenters. The van der Waals surface area contributed by atoms with Crippen LogP contribution in [0.2, 0.25) is 0 Å². The summed E-state index contributed by atoms with van der Waals surface area (Å²) in [5, 5.41) is 5.72. The molecule has 3 rings (SSSR count). The standard InChI is InChI=1S/C22H26FN3O2/c1-2-24-22(28)26-12-4-7-19(15-26)17-5-3-6-18(13-17)21(27)25-14-16-8-10-20(23)11-9-16/h3,5-6,8-11,13,19H,2,4,7,12,14-15H2,1H3,(H,24,28)(H,25,27)/t19-/m0/s1. The van der Waals surface area contributed by atoms with Gasteiger partial charge in [-0.25, -0.2) is 9.18 Å². The molecule has 2 aromatic rings. The van der Waals surface area contributed by atoms with Crippen molar-refractivity contribution in [3.8, 4) is 0 Å². The first kappa shape index (κ1) is 19.9. The van der Waals surface area contributed by atoms with Gasteiger partial charge >= 0.3 is 6.03 Å². The van der Waals surface area contributed by atoms with Crippen LogP contribution in [0.25, 0.3) is 0 Å². The van der Waals surface area contributed by atoms with E-state index < -0.39 is 0 Å². The zero-order valence-electron chi connectivity index (χ0n) is 16.1. The SMILES string of the molecule is CCNC(=O)N1CCC[C@H](c2cccc(C(=O)NCc3ccc(F)cc3)c2)C1. The average molecular weight is 383 g/mol. The molecule has 148 valence electrons. The van der Waals surface area contributed by atoms with Gasteiger partial charge in [0.1, 0.15) is 5.82 Å². The third-order valence-electron chi connectivity index (χ3n) is 5.02. The number of urea groups is 1. The van der Waals surface area contributed by atoms with Crippen LogP contribution in [0.3, 0.4) is 0 Å². The maximum atomic E-state index is 13.0. The summed E-state index contributed by atoms with van der Waals surface area (Å²) in [5.41, 5.74) is 2.51. The molecular formula is C22H26FN3O2. The van der Waals surface area contributed by atoms with Gasteiger partial charge in [0.15, 0.2) is 0 Å². The van der Waals surface area contributed by atoms with E-state index in [4.69, 9.17) is 0 Å². The molecule has 1 aliphatic rings. The van der Waals surface area contributed by atoms with E-state index in [1.165, 1.54) is 12.1 Å². The first-order chi connectivity index (χ1) is 13.6. The Balaban J connectivity index is 1.63. The molecule has 3 amide bonds. The number of piperidine rings is 1. The number of hydrogen-bond donors (Lipinski definition) is 2. The van der Waals surface area contributed by atoms with Crippen molar-refractivity contribution in [2.45, 2.75) is 32.2 Å². The fourth-order valence-electron chi connectivity index (χ4n) is 3.52. The molecule has 1 aliphatic heterocycles. The van der Waals surface area contributed by atoms with Gasteiger partial charge in [-0.3, -0.25) is 4.79 Å². The van der Waals surface area contributed by atoms with Crippen molar-refractivity contribution in [2.24, 2.45) is 0 Å². The molecule has 0 spiro atoms. The molecule has 0 unspecified atom stereocenters. The lowest BCUT2D eigenvalue weighted by molar-refractivity contribution is 0.0950. The first-order valence-electron chi connectivity index (χ1n) is 9.72. The number of halogens is 1. The Morgan fingerprint density at radius 1 is 1.14 bits per heavy atom. The highest BCUT2D eigenvalue weighted by molar-refractivity contribution is 5.94. The minimum atomic E-state index is -0.295. The lowest BCUT2D eigenvalue weighted by atomic mass is 9.89. The molecule has 1 heterocycles. The van der Waals surface area contributed by atoms with Gasteiger partial charge in [0, 0.05) is 37.7 Å². The van der Waals surface area contributed by atoms with E-state index in [9.17, 15) is 14.0 Å². The second-order valence-corrected chi connectivity index (χ2v) is 7.06. The summed E-state index contributed by atoms with van der Waals surface area (Å²) in [6, 6.07) is 13.6. The lowest BCUT2D eigenvalue weighted by Crippen LogP contribution is -2.44. The van der Waals surface area contributed by atoms with Crippen LogP contribution in [0.15, 0.2) is 48.5 Å². The Morgan fingerprint density at radius 3 is 2.68 bits per heavy atom. The fraction of sp³-hybridized carbons (Fsp3) is 0.364. The molecule has 1 fully saturated rings. The zero-order valence-corrected chi connectivity index (χ0v) is 16.1. The fourth-order valence-corrected chi connectivity index (χ4v) is 3.52. The zero-order chi connectivity index (χ0) is 19.9. The lowest BCUT2D eigenvalue weighted by Gasteiger charge is -2.33. The van der Waals surface area contributed by atoms with Crippen molar-refractivity contribution >= 4 is 11.9 Å². The highest BCUT2D eigenvalue weighted by Crippen LogP contribution is 2.27. The molecule has 0 bridgehead atoms. The van der Waals surface area contributed by atoms with E-state index in [1.807, 2.05) is 30.0 Å². The summed E-state index contributed by atoms with van der Waals surface area (Å²) in [4.78, 5) is 26.5. The molecule has 0 aromatic heterocycles. The number of rotatable bonds is 5. The predicted octanol–water partition coefficient (Wildman–Crippen LogP) is 3.66. The normalized spacial score (nSPS) is 16.5. The van der Waals surface area contributed by atoms with Crippen LogP contribution in [0.5, 0.6) is 0 Å². The quantitative estimate of drug-likeness (QED) is 0.828. The van der Waals surface area contributed by atoms with Gasteiger partial charge < -0.3 is 15.5 Å². The second kappa shape index (κ2) is 9.35. The van der Waals surface area contributed by atoms with E-state index in [1.54, 1.807) is 18.2 Å². The Kier molecular flexibility index (Phi) is 6.63. The van der Waals surface area contributed by atoms with Gasteiger partial charge in [0.2, 0.25) is 0 Å². The molecule has 2 N–H and O–H groups in total. The second-order valence-electron chi connectivity index (χ2n) is 7.06. The van der Waals surface area contributed by atoms with Gasteiger partial charge in [-0.15, -0.1) is 0 Å². The third kappa shape index (κ3) is 5.09. The molecule has 2 aromatic carbocycles. The first-order valence-corrected chi connectivity index (χ1v) is 9.72. The van der Waals surface area contributed by atoms with Crippen molar-refractivity contribution in [3.63, 3.8) is 0 Å². The number of carbonyl (C=O) groups is 2. The minimum Gasteiger partial charge on any atom is -0.348 e. The molecule has 6 heteroatoms. The summed E-state index contributed by atoms with van der Waals surface area (Å²) < 4.78 is 13.0. The van der Waals surface area contributed by atoms with Crippen LogP contribution in [0, 0.1) is 5.82 Å². The van der Waals surface area contributed by atoms with Gasteiger partial charge in [-0.1, -0.05) is 24.3 Å². The maximum absolute atomic E-state index is 13.0. The molecule has 1 saturated heterocycles. The van der Waals surface area contributed by atoms with Crippen molar-refractivity contribution in [1.29, 1.82) is 0 Å². The highest BCUT2D eigenvalue weighted by atomic mass is 19.1. The van der Waals surface area contributed by atoms with Crippen LogP contribution in [-0.4, -0.2) is 36.5 Å². The number of nitrogens with one attached hydrogen (secondary N) is 2. The smallest absolute Gasteiger partial charge is 0.317 e. The maximum Gasteiger partial charge on any atom is 0.317 e. The minimum absolute atomic E-state index is 0.0274. The van der Waals surface area contributed by atoms with Crippen LogP contribution >= 0.6 is 0 Å². The van der Waals surface area contributed by atoms with Gasteiger partial charge in [-0.05, 0) is 55.2 Å². The Bertz CT molecular complexity index is 823. The van der Waals surface area contributed by atoms with E-state index in [2.05, 4.69) is 10.6 Å². The number of benzene rings is 2. The summed E-state index contributed by atoms with van der Waals surface area (Å²) in [6.07, 6.45) is 1.94. The van der Waals surface area contributed by atoms with Crippen molar-refractivity contribution in [2.75, 3.05) is 19.6 Å². The molecule has 0 radical (unpaired) electrons. The van der Waals surface area contributed by atoms with E-state index in [0.717, 1.165) is 30.5 Å². The monoisotopic (exact) mass is 383 g/mol. The topological polar surface area (TPSA) is 61.4 Å². The van der Waals surface area contributed by atoms with E-state index in [-0.39, 0.29) is 23.7 Å². The molecular weight excluding hydrogens is 357 g/mol. The highest BCUT2D eigenvalue weighted by Gasteiger charge is 2.24. The Hall–Kier alpha value is -2.89. The number of likely N-dealkylation sites (tertiary alicyclic amines) is 1. The van der Waals surface area contributed by atoms with Gasteiger partial charge in [-0.2, -0.15) is 0 Å². The number of carbonyl (C=O) groups excluding carboxylic acids is 2. The number of nitrogens with zero attached hydrogens (tertiary/aromatic N) is 1. The average Bonchev–Trinajstić information content (AvgIpc) is 2.73. The van der Waals surface area contributed by atoms with Crippen LogP contribution in [0.1, 0.15) is 47.2 Å². The number of hydrogen-bond acceptors (Lipinski definition) is 2. The third-order valence-corrected chi connectivity index (χ3v) is 5.02. The van der Waals surface area contributed by atoms with E-state index >= 15 is 0 Å². The largest absolute Gasteiger partial charge is 0.348 e. The van der Waals surface area contributed by atoms with Crippen molar-refractivity contribution < 1.29 is 14.0 Å². The van der Waals surface area contributed by atoms with Crippen molar-refractivity contribution in [1.82, 2.24) is 15.5 Å². The molecule has 0 aliphatic carbocycles. The molecule has 5 nitrogen and oxygen atoms in total. The van der Waals surface area contributed by atoms with Crippen LogP contribution < -0.4 is 10.6 Å². The van der Waals surface area contributed by atoms with Crippen molar-refractivity contribution in [3.05, 3.63) is 71.0 Å². The number of amides is 3. The molecule has 0 saturated carbocycles. The van der Waals surface area contributed by atoms with Gasteiger partial charge in [0.05, 0.1) is 0 Å². The predicted molar refractivity (Wildman–Crippen MR) is 107 cm³/mol. The van der Waals surface area contributed by atoms with Crippen LogP contribution in [0.4, 0.5) is 9.18 Å². The summed E-state index contributed by atoms with van der Waals surface area (Å²) in [6.45, 7) is 4.29. The molecule has 28 heavy (non-hydrogen) atoms.